The number of aromatic nitrogens is 4. The number of hydrogen-bond donors (Lipinski definition) is 1. The maximum absolute atomic E-state index is 13.8. The molecule has 1 aromatic carbocycles. The maximum Gasteiger partial charge on any atom is 0.338 e. The molecule has 10 nitrogen and oxygen atoms in total. The Morgan fingerprint density at radius 2 is 2.02 bits per heavy atom. The number of carboxylic acids is 1. The van der Waals surface area contributed by atoms with Crippen LogP contribution in [-0.2, 0) is 6.54 Å². The molecule has 0 aliphatic carbocycles. The van der Waals surface area contributed by atoms with Crippen LogP contribution < -0.4 is 10.3 Å². The SMILES string of the molecule is Cc1nc2cnc(OC3CCN(CC(F)F)CC3)c(C#N)c2c(=O)n1CC#Cc1ccc(Cl)cc1-c1ccnc2c(C(=O)O)csc12. The number of fused-ring (bicyclic) bond motifs is 2. The van der Waals surface area contributed by atoms with Crippen LogP contribution in [0.4, 0.5) is 8.78 Å². The van der Waals surface area contributed by atoms with Gasteiger partial charge in [-0.05, 0) is 44.0 Å². The van der Waals surface area contributed by atoms with Gasteiger partial charge in [0.2, 0.25) is 5.88 Å². The number of thiophene rings is 1. The summed E-state index contributed by atoms with van der Waals surface area (Å²) in [6.07, 6.45) is 1.13. The summed E-state index contributed by atoms with van der Waals surface area (Å²) in [6.45, 7) is 2.16. The van der Waals surface area contributed by atoms with E-state index in [1.165, 1.54) is 28.3 Å². The van der Waals surface area contributed by atoms with Crippen LogP contribution in [0.2, 0.25) is 5.02 Å². The Bertz CT molecular complexity index is 2200. The molecule has 0 amide bonds. The maximum atomic E-state index is 13.8. The molecule has 238 valence electrons. The second kappa shape index (κ2) is 13.4. The predicted molar refractivity (Wildman–Crippen MR) is 173 cm³/mol. The summed E-state index contributed by atoms with van der Waals surface area (Å²) in [5.74, 6) is 5.45. The highest BCUT2D eigenvalue weighted by molar-refractivity contribution is 7.18. The van der Waals surface area contributed by atoms with Gasteiger partial charge >= 0.3 is 5.97 Å². The Kier molecular flexibility index (Phi) is 9.14. The van der Waals surface area contributed by atoms with E-state index in [0.717, 1.165) is 5.56 Å². The summed E-state index contributed by atoms with van der Waals surface area (Å²) in [5, 5.41) is 21.7. The van der Waals surface area contributed by atoms with Crippen molar-refractivity contribution in [3.8, 4) is 34.9 Å². The molecule has 1 aliphatic rings. The van der Waals surface area contributed by atoms with Crippen LogP contribution >= 0.6 is 22.9 Å². The number of hydrogen-bond acceptors (Lipinski definition) is 9. The van der Waals surface area contributed by atoms with Gasteiger partial charge in [-0.25, -0.2) is 23.5 Å². The molecule has 5 heterocycles. The van der Waals surface area contributed by atoms with E-state index < -0.39 is 18.0 Å². The quantitative estimate of drug-likeness (QED) is 0.214. The second-order valence-corrected chi connectivity index (χ2v) is 12.2. The summed E-state index contributed by atoms with van der Waals surface area (Å²) < 4.78 is 33.6. The first kappa shape index (κ1) is 32.0. The standard InChI is InChI=1S/C33H25ClF2N6O4S/c1-18-40-26-15-39-31(46-21-7-11-41(12-8-21)16-27(35)36)24(14-37)28(26)32(43)42(18)10-2-3-19-4-5-20(34)13-23(19)22-6-9-38-29-25(33(44)45)17-47-30(22)29/h4-6,9,13,15,17,21,27H,7-8,10-12,16H2,1H3,(H,44,45). The van der Waals surface area contributed by atoms with Crippen LogP contribution in [0, 0.1) is 30.1 Å². The fourth-order valence-electron chi connectivity index (χ4n) is 5.60. The van der Waals surface area contributed by atoms with E-state index in [1.807, 2.05) is 6.07 Å². The highest BCUT2D eigenvalue weighted by atomic mass is 35.5. The molecule has 1 saturated heterocycles. The molecule has 0 saturated carbocycles. The summed E-state index contributed by atoms with van der Waals surface area (Å²) in [6, 6.07) is 9.00. The molecular weight excluding hydrogens is 650 g/mol. The topological polar surface area (TPSA) is 134 Å². The van der Waals surface area contributed by atoms with Crippen molar-refractivity contribution in [2.75, 3.05) is 19.6 Å². The molecule has 1 aliphatic heterocycles. The zero-order valence-electron chi connectivity index (χ0n) is 24.8. The van der Waals surface area contributed by atoms with Crippen LogP contribution in [-0.4, -0.2) is 67.7 Å². The number of benzene rings is 1. The third-order valence-electron chi connectivity index (χ3n) is 7.89. The number of piperidine rings is 1. The van der Waals surface area contributed by atoms with Crippen molar-refractivity contribution in [2.45, 2.75) is 38.8 Å². The van der Waals surface area contributed by atoms with Gasteiger partial charge in [-0.2, -0.15) is 5.26 Å². The zero-order valence-corrected chi connectivity index (χ0v) is 26.4. The molecule has 6 rings (SSSR count). The third kappa shape index (κ3) is 6.51. The highest BCUT2D eigenvalue weighted by Crippen LogP contribution is 2.36. The summed E-state index contributed by atoms with van der Waals surface area (Å²) >= 11 is 7.61. The normalized spacial score (nSPS) is 13.9. The number of alkyl halides is 2. The van der Waals surface area contributed by atoms with Gasteiger partial charge in [-0.3, -0.25) is 19.2 Å². The molecule has 47 heavy (non-hydrogen) atoms. The van der Waals surface area contributed by atoms with Gasteiger partial charge in [0.25, 0.3) is 12.0 Å². The first-order valence-corrected chi connectivity index (χ1v) is 15.8. The van der Waals surface area contributed by atoms with Crippen molar-refractivity contribution in [2.24, 2.45) is 0 Å². The zero-order chi connectivity index (χ0) is 33.2. The van der Waals surface area contributed by atoms with Crippen LogP contribution in [0.25, 0.3) is 32.2 Å². The number of aromatic carboxylic acids is 1. The molecule has 0 spiro atoms. The van der Waals surface area contributed by atoms with Gasteiger partial charge in [-0.15, -0.1) is 11.3 Å². The number of likely N-dealkylation sites (tertiary alicyclic amines) is 1. The molecule has 0 bridgehead atoms. The van der Waals surface area contributed by atoms with E-state index in [0.29, 0.717) is 58.1 Å². The van der Waals surface area contributed by atoms with Gasteiger partial charge in [0.1, 0.15) is 23.6 Å². The van der Waals surface area contributed by atoms with Gasteiger partial charge in [0, 0.05) is 46.4 Å². The third-order valence-corrected chi connectivity index (χ3v) is 9.13. The van der Waals surface area contributed by atoms with Crippen LogP contribution in [0.1, 0.15) is 40.2 Å². The summed E-state index contributed by atoms with van der Waals surface area (Å²) in [5.41, 5.74) is 2.19. The van der Waals surface area contributed by atoms with Crippen LogP contribution in [0.5, 0.6) is 5.88 Å². The Labute approximate surface area is 275 Å². The number of carbonyl (C=O) groups is 1. The number of rotatable bonds is 7. The Morgan fingerprint density at radius 3 is 2.74 bits per heavy atom. The van der Waals surface area contributed by atoms with Crippen molar-refractivity contribution in [3.05, 3.63) is 79.9 Å². The molecule has 0 unspecified atom stereocenters. The molecule has 1 fully saturated rings. The lowest BCUT2D eigenvalue weighted by atomic mass is 10.00. The van der Waals surface area contributed by atoms with Crippen LogP contribution in [0.15, 0.2) is 46.8 Å². The Balaban J connectivity index is 1.31. The minimum Gasteiger partial charge on any atom is -0.478 e. The van der Waals surface area contributed by atoms with Crippen molar-refractivity contribution < 1.29 is 23.4 Å². The molecule has 14 heteroatoms. The predicted octanol–water partition coefficient (Wildman–Crippen LogP) is 5.76. The number of halogens is 3. The number of nitrogens with zero attached hydrogens (tertiary/aromatic N) is 6. The number of carboxylic acid groups (broad SMARTS) is 1. The van der Waals surface area contributed by atoms with E-state index >= 15 is 0 Å². The van der Waals surface area contributed by atoms with Gasteiger partial charge in [-0.1, -0.05) is 23.4 Å². The van der Waals surface area contributed by atoms with E-state index in [4.69, 9.17) is 16.3 Å². The molecule has 4 aromatic heterocycles. The molecule has 1 N–H and O–H groups in total. The number of nitriles is 1. The van der Waals surface area contributed by atoms with Crippen molar-refractivity contribution in [1.29, 1.82) is 5.26 Å². The Hall–Kier alpha value is -4.95. The average molecular weight is 675 g/mol. The van der Waals surface area contributed by atoms with Gasteiger partial charge in [0.15, 0.2) is 0 Å². The number of aryl methyl sites for hydroxylation is 1. The van der Waals surface area contributed by atoms with E-state index in [-0.39, 0.29) is 47.1 Å². The summed E-state index contributed by atoms with van der Waals surface area (Å²) in [4.78, 5) is 40.2. The fourth-order valence-corrected chi connectivity index (χ4v) is 6.80. The molecule has 5 aromatic rings. The fraction of sp³-hybridized carbons (Fsp3) is 0.273. The van der Waals surface area contributed by atoms with E-state index in [9.17, 15) is 28.7 Å². The van der Waals surface area contributed by atoms with Crippen molar-refractivity contribution in [1.82, 2.24) is 24.4 Å². The molecule has 0 radical (unpaired) electrons. The highest BCUT2D eigenvalue weighted by Gasteiger charge is 2.25. The van der Waals surface area contributed by atoms with E-state index in [1.54, 1.807) is 41.5 Å². The summed E-state index contributed by atoms with van der Waals surface area (Å²) in [7, 11) is 0. The van der Waals surface area contributed by atoms with E-state index in [2.05, 4.69) is 26.8 Å². The lowest BCUT2D eigenvalue weighted by Gasteiger charge is -2.31. The van der Waals surface area contributed by atoms with Crippen molar-refractivity contribution in [3.63, 3.8) is 0 Å². The Morgan fingerprint density at radius 1 is 1.23 bits per heavy atom. The van der Waals surface area contributed by atoms with Gasteiger partial charge < -0.3 is 9.84 Å². The molecule has 0 atom stereocenters. The lowest BCUT2D eigenvalue weighted by molar-refractivity contribution is 0.0465. The number of pyridine rings is 2. The first-order chi connectivity index (χ1) is 22.6. The first-order valence-electron chi connectivity index (χ1n) is 14.5. The smallest absolute Gasteiger partial charge is 0.338 e. The number of ether oxygens (including phenoxy) is 1. The largest absolute Gasteiger partial charge is 0.478 e. The van der Waals surface area contributed by atoms with Crippen molar-refractivity contribution >= 4 is 50.0 Å². The van der Waals surface area contributed by atoms with Crippen LogP contribution in [0.3, 0.4) is 0 Å². The van der Waals surface area contributed by atoms with Gasteiger partial charge in [0.05, 0.1) is 46.0 Å². The lowest BCUT2D eigenvalue weighted by Crippen LogP contribution is -2.40. The second-order valence-electron chi connectivity index (χ2n) is 10.9. The monoisotopic (exact) mass is 674 g/mol. The minimum absolute atomic E-state index is 0.00167. The minimum atomic E-state index is -2.41. The average Bonchev–Trinajstić information content (AvgIpc) is 3.49. The molecular formula is C33H25ClF2N6O4S.